The molecule has 0 spiro atoms. The van der Waals surface area contributed by atoms with E-state index in [0.29, 0.717) is 11.4 Å². The molecular weight excluding hydrogens is 192 g/mol. The molecule has 0 bridgehead atoms. The molecule has 0 aliphatic carbocycles. The number of rotatable bonds is 1. The van der Waals surface area contributed by atoms with Crippen molar-refractivity contribution in [3.8, 4) is 11.3 Å². The number of H-pyrrole nitrogens is 1. The van der Waals surface area contributed by atoms with Gasteiger partial charge in [0.2, 0.25) is 0 Å². The Balaban J connectivity index is 2.23. The zero-order valence-corrected chi connectivity index (χ0v) is 7.77. The molecule has 0 fully saturated rings. The monoisotopic (exact) mass is 200 g/mol. The second kappa shape index (κ2) is 2.84. The summed E-state index contributed by atoms with van der Waals surface area (Å²) in [5.74, 6) is 0.589. The molecule has 0 atom stereocenters. The number of nitrogens with one attached hydrogen (secondary N) is 1. The van der Waals surface area contributed by atoms with Crippen molar-refractivity contribution in [2.45, 2.75) is 0 Å². The van der Waals surface area contributed by atoms with Gasteiger partial charge in [-0.2, -0.15) is 0 Å². The van der Waals surface area contributed by atoms with Gasteiger partial charge in [0.25, 0.3) is 0 Å². The lowest BCUT2D eigenvalue weighted by Crippen LogP contribution is -1.84. The number of aromatic amines is 1. The van der Waals surface area contributed by atoms with Gasteiger partial charge in [0.1, 0.15) is 5.69 Å². The number of hydrogen-bond acceptors (Lipinski definition) is 4. The Morgan fingerprint density at radius 1 is 1.33 bits per heavy atom. The van der Waals surface area contributed by atoms with E-state index < -0.39 is 0 Å². The van der Waals surface area contributed by atoms with Crippen LogP contribution in [0.25, 0.3) is 22.4 Å². The first-order chi connectivity index (χ1) is 7.34. The second-order valence-corrected chi connectivity index (χ2v) is 3.24. The number of imidazole rings is 1. The van der Waals surface area contributed by atoms with Gasteiger partial charge >= 0.3 is 0 Å². The lowest BCUT2D eigenvalue weighted by Gasteiger charge is -1.96. The molecule has 2 aromatic heterocycles. The number of nitrogen functional groups attached to an aromatic ring is 1. The third kappa shape index (κ3) is 1.17. The minimum Gasteiger partial charge on any atom is -0.394 e. The fourth-order valence-corrected chi connectivity index (χ4v) is 1.54. The summed E-state index contributed by atoms with van der Waals surface area (Å²) in [6, 6.07) is 5.74. The first-order valence-electron chi connectivity index (χ1n) is 4.48. The highest BCUT2D eigenvalue weighted by atomic mass is 16.5. The summed E-state index contributed by atoms with van der Waals surface area (Å²) < 4.78 is 5.07. The molecule has 0 aliphatic heterocycles. The van der Waals surface area contributed by atoms with Crippen molar-refractivity contribution in [1.82, 2.24) is 15.1 Å². The van der Waals surface area contributed by atoms with Gasteiger partial charge < -0.3 is 15.2 Å². The average molecular weight is 200 g/mol. The number of hydrogen-bond donors (Lipinski definition) is 2. The molecule has 5 nitrogen and oxygen atoms in total. The fraction of sp³-hybridized carbons (Fsp3) is 0. The predicted molar refractivity (Wildman–Crippen MR) is 56.0 cm³/mol. The van der Waals surface area contributed by atoms with E-state index in [9.17, 15) is 0 Å². The van der Waals surface area contributed by atoms with Crippen LogP contribution in [0.5, 0.6) is 0 Å². The largest absolute Gasteiger partial charge is 0.394 e. The van der Waals surface area contributed by atoms with Gasteiger partial charge in [-0.05, 0) is 18.2 Å². The molecular formula is C10H8N4O. The van der Waals surface area contributed by atoms with Crippen LogP contribution in [-0.2, 0) is 0 Å². The van der Waals surface area contributed by atoms with Crippen LogP contribution >= 0.6 is 0 Å². The predicted octanol–water partition coefficient (Wildman–Crippen LogP) is 1.80. The third-order valence-electron chi connectivity index (χ3n) is 2.28. The van der Waals surface area contributed by atoms with Crippen LogP contribution in [0.15, 0.2) is 35.2 Å². The minimum absolute atomic E-state index is 0.536. The lowest BCUT2D eigenvalue weighted by molar-refractivity contribution is 0.432. The Morgan fingerprint density at radius 2 is 2.27 bits per heavy atom. The van der Waals surface area contributed by atoms with E-state index >= 15 is 0 Å². The number of anilines is 1. The summed E-state index contributed by atoms with van der Waals surface area (Å²) >= 11 is 0. The van der Waals surface area contributed by atoms with Crippen LogP contribution in [0.2, 0.25) is 0 Å². The van der Waals surface area contributed by atoms with Crippen molar-refractivity contribution >= 4 is 16.7 Å². The van der Waals surface area contributed by atoms with Gasteiger partial charge in [-0.3, -0.25) is 0 Å². The fourth-order valence-electron chi connectivity index (χ4n) is 1.54. The maximum absolute atomic E-state index is 5.71. The van der Waals surface area contributed by atoms with Gasteiger partial charge in [-0.25, -0.2) is 4.98 Å². The molecule has 0 radical (unpaired) electrons. The smallest absolute Gasteiger partial charge is 0.189 e. The maximum Gasteiger partial charge on any atom is 0.189 e. The standard InChI is InChI=1S/C10H8N4O/c11-7-4-14-15-10(7)6-1-2-8-9(3-6)13-5-12-8/h1-5H,11H2,(H,12,13). The molecule has 74 valence electrons. The molecule has 1 aromatic carbocycles. The van der Waals surface area contributed by atoms with Crippen molar-refractivity contribution in [2.75, 3.05) is 5.73 Å². The molecule has 0 saturated heterocycles. The molecule has 15 heavy (non-hydrogen) atoms. The quantitative estimate of drug-likeness (QED) is 0.627. The van der Waals surface area contributed by atoms with E-state index in [4.69, 9.17) is 10.3 Å². The van der Waals surface area contributed by atoms with Gasteiger partial charge in [-0.15, -0.1) is 0 Å². The highest BCUT2D eigenvalue weighted by molar-refractivity contribution is 5.82. The topological polar surface area (TPSA) is 80.7 Å². The van der Waals surface area contributed by atoms with Gasteiger partial charge in [-0.1, -0.05) is 5.16 Å². The van der Waals surface area contributed by atoms with Crippen molar-refractivity contribution in [2.24, 2.45) is 0 Å². The van der Waals surface area contributed by atoms with Crippen molar-refractivity contribution in [1.29, 1.82) is 0 Å². The van der Waals surface area contributed by atoms with E-state index in [1.807, 2.05) is 18.2 Å². The van der Waals surface area contributed by atoms with Gasteiger partial charge in [0, 0.05) is 5.56 Å². The Bertz CT molecular complexity index is 610. The van der Waals surface area contributed by atoms with E-state index in [0.717, 1.165) is 16.6 Å². The summed E-state index contributed by atoms with van der Waals surface area (Å²) in [5, 5.41) is 3.64. The Kier molecular flexibility index (Phi) is 1.53. The zero-order valence-electron chi connectivity index (χ0n) is 7.77. The third-order valence-corrected chi connectivity index (χ3v) is 2.28. The first kappa shape index (κ1) is 8.05. The van der Waals surface area contributed by atoms with E-state index in [2.05, 4.69) is 15.1 Å². The van der Waals surface area contributed by atoms with Crippen molar-refractivity contribution < 1.29 is 4.52 Å². The SMILES string of the molecule is Nc1cnoc1-c1ccc2nc[nH]c2c1. The summed E-state index contributed by atoms with van der Waals surface area (Å²) in [6.45, 7) is 0. The van der Waals surface area contributed by atoms with Gasteiger partial charge in [0.05, 0.1) is 23.6 Å². The Morgan fingerprint density at radius 3 is 3.07 bits per heavy atom. The van der Waals surface area contributed by atoms with E-state index in [-0.39, 0.29) is 0 Å². The molecule has 3 N–H and O–H groups in total. The van der Waals surface area contributed by atoms with Crippen LogP contribution in [0.4, 0.5) is 5.69 Å². The molecule has 5 heteroatoms. The molecule has 3 rings (SSSR count). The van der Waals surface area contributed by atoms with Crippen molar-refractivity contribution in [3.63, 3.8) is 0 Å². The van der Waals surface area contributed by atoms with Crippen LogP contribution in [0.3, 0.4) is 0 Å². The normalized spacial score (nSPS) is 10.9. The minimum atomic E-state index is 0.536. The number of fused-ring (bicyclic) bond motifs is 1. The zero-order chi connectivity index (χ0) is 10.3. The second-order valence-electron chi connectivity index (χ2n) is 3.24. The molecule has 2 heterocycles. The van der Waals surface area contributed by atoms with Gasteiger partial charge in [0.15, 0.2) is 5.76 Å². The highest BCUT2D eigenvalue weighted by Crippen LogP contribution is 2.27. The number of benzene rings is 1. The summed E-state index contributed by atoms with van der Waals surface area (Å²) in [4.78, 5) is 7.16. The number of aromatic nitrogens is 3. The lowest BCUT2D eigenvalue weighted by atomic mass is 10.1. The molecule has 0 saturated carbocycles. The first-order valence-corrected chi connectivity index (χ1v) is 4.48. The Labute approximate surface area is 84.9 Å². The van der Waals surface area contributed by atoms with Crippen LogP contribution in [0, 0.1) is 0 Å². The maximum atomic E-state index is 5.71. The number of nitrogens with two attached hydrogens (primary N) is 1. The van der Waals surface area contributed by atoms with E-state index in [1.165, 1.54) is 6.20 Å². The van der Waals surface area contributed by atoms with Crippen LogP contribution in [-0.4, -0.2) is 15.1 Å². The van der Waals surface area contributed by atoms with E-state index in [1.54, 1.807) is 6.33 Å². The average Bonchev–Trinajstić information content (AvgIpc) is 2.84. The molecule has 0 unspecified atom stereocenters. The Hall–Kier alpha value is -2.30. The van der Waals surface area contributed by atoms with Crippen LogP contribution in [0.1, 0.15) is 0 Å². The molecule has 0 aliphatic rings. The highest BCUT2D eigenvalue weighted by Gasteiger charge is 2.08. The number of nitrogens with zero attached hydrogens (tertiary/aromatic N) is 2. The summed E-state index contributed by atoms with van der Waals surface area (Å²) in [5.41, 5.74) is 9.00. The van der Waals surface area contributed by atoms with Crippen LogP contribution < -0.4 is 5.73 Å². The summed E-state index contributed by atoms with van der Waals surface area (Å²) in [6.07, 6.45) is 3.14. The molecule has 3 aromatic rings. The summed E-state index contributed by atoms with van der Waals surface area (Å²) in [7, 11) is 0. The molecule has 0 amide bonds. The van der Waals surface area contributed by atoms with Crippen molar-refractivity contribution in [3.05, 3.63) is 30.7 Å².